The number of esters is 1. The molecule has 100 valence electrons. The fraction of sp³-hybridized carbons (Fsp3) is 0.250. The molecule has 0 saturated heterocycles. The van der Waals surface area contributed by atoms with E-state index in [1.165, 1.54) is 13.3 Å². The van der Waals surface area contributed by atoms with Crippen LogP contribution in [-0.2, 0) is 11.2 Å². The van der Waals surface area contributed by atoms with Gasteiger partial charge in [0.25, 0.3) is 0 Å². The average molecular weight is 373 g/mol. The first-order valence-corrected chi connectivity index (χ1v) is 6.63. The number of aromatic nitrogens is 3. The van der Waals surface area contributed by atoms with Crippen molar-refractivity contribution in [1.82, 2.24) is 15.0 Å². The van der Waals surface area contributed by atoms with Crippen LogP contribution in [0.5, 0.6) is 5.75 Å². The van der Waals surface area contributed by atoms with Gasteiger partial charge in [0.05, 0.1) is 19.3 Å². The van der Waals surface area contributed by atoms with Crippen molar-refractivity contribution in [2.24, 2.45) is 0 Å². The molecule has 0 amide bonds. The van der Waals surface area contributed by atoms with Gasteiger partial charge in [-0.05, 0) is 28.7 Å². The number of aromatic amines is 1. The SMILES string of the molecule is COC(=O)c1cnc(I)c(OCCc2ncc[nH]2)c1. The molecule has 0 fully saturated rings. The lowest BCUT2D eigenvalue weighted by Gasteiger charge is -2.08. The second kappa shape index (κ2) is 6.50. The van der Waals surface area contributed by atoms with Gasteiger partial charge in [0, 0.05) is 25.0 Å². The van der Waals surface area contributed by atoms with Gasteiger partial charge < -0.3 is 14.5 Å². The first kappa shape index (κ1) is 13.8. The molecule has 19 heavy (non-hydrogen) atoms. The number of methoxy groups -OCH3 is 1. The molecule has 0 aliphatic heterocycles. The molecule has 6 nitrogen and oxygen atoms in total. The highest BCUT2D eigenvalue weighted by molar-refractivity contribution is 14.1. The molecular weight excluding hydrogens is 361 g/mol. The number of H-pyrrole nitrogens is 1. The van der Waals surface area contributed by atoms with E-state index in [1.54, 1.807) is 18.5 Å². The van der Waals surface area contributed by atoms with Crippen LogP contribution in [0.25, 0.3) is 0 Å². The van der Waals surface area contributed by atoms with Crippen LogP contribution >= 0.6 is 22.6 Å². The number of pyridine rings is 1. The summed E-state index contributed by atoms with van der Waals surface area (Å²) < 4.78 is 10.9. The topological polar surface area (TPSA) is 77.1 Å². The predicted octanol–water partition coefficient (Wildman–Crippen LogP) is 1.82. The van der Waals surface area contributed by atoms with Crippen LogP contribution in [0.3, 0.4) is 0 Å². The molecule has 2 aromatic heterocycles. The second-order valence-electron chi connectivity index (χ2n) is 3.64. The van der Waals surface area contributed by atoms with Crippen molar-refractivity contribution in [1.29, 1.82) is 0 Å². The molecular formula is C12H12IN3O3. The summed E-state index contributed by atoms with van der Waals surface area (Å²) in [6.45, 7) is 0.454. The fourth-order valence-corrected chi connectivity index (χ4v) is 1.90. The lowest BCUT2D eigenvalue weighted by atomic mass is 10.3. The van der Waals surface area contributed by atoms with Gasteiger partial charge in [-0.2, -0.15) is 0 Å². The normalized spacial score (nSPS) is 10.2. The quantitative estimate of drug-likeness (QED) is 0.492. The number of imidazole rings is 1. The van der Waals surface area contributed by atoms with E-state index in [0.29, 0.717) is 28.0 Å². The third-order valence-corrected chi connectivity index (χ3v) is 3.19. The highest BCUT2D eigenvalue weighted by Crippen LogP contribution is 2.20. The first-order chi connectivity index (χ1) is 9.20. The predicted molar refractivity (Wildman–Crippen MR) is 76.1 cm³/mol. The van der Waals surface area contributed by atoms with Crippen LogP contribution in [-0.4, -0.2) is 34.6 Å². The Morgan fingerprint density at radius 2 is 2.32 bits per heavy atom. The third-order valence-electron chi connectivity index (χ3n) is 2.38. The van der Waals surface area contributed by atoms with Gasteiger partial charge in [-0.25, -0.2) is 14.8 Å². The van der Waals surface area contributed by atoms with Crippen molar-refractivity contribution in [3.05, 3.63) is 39.7 Å². The number of ether oxygens (including phenoxy) is 2. The van der Waals surface area contributed by atoms with E-state index in [2.05, 4.69) is 42.3 Å². The van der Waals surface area contributed by atoms with E-state index < -0.39 is 5.97 Å². The van der Waals surface area contributed by atoms with Crippen LogP contribution in [0.1, 0.15) is 16.2 Å². The number of hydrogen-bond donors (Lipinski definition) is 1. The smallest absolute Gasteiger partial charge is 0.339 e. The number of hydrogen-bond acceptors (Lipinski definition) is 5. The van der Waals surface area contributed by atoms with E-state index in [9.17, 15) is 4.79 Å². The molecule has 2 rings (SSSR count). The van der Waals surface area contributed by atoms with Crippen molar-refractivity contribution in [3.63, 3.8) is 0 Å². The minimum absolute atomic E-state index is 0.371. The number of carbonyl (C=O) groups excluding carboxylic acids is 1. The summed E-state index contributed by atoms with van der Waals surface area (Å²) in [5, 5.41) is 0. The zero-order chi connectivity index (χ0) is 13.7. The van der Waals surface area contributed by atoms with Crippen LogP contribution in [0.15, 0.2) is 24.7 Å². The Kier molecular flexibility index (Phi) is 4.72. The van der Waals surface area contributed by atoms with Crippen LogP contribution in [0.4, 0.5) is 0 Å². The Balaban J connectivity index is 2.00. The lowest BCUT2D eigenvalue weighted by Crippen LogP contribution is -2.07. The molecule has 2 aromatic rings. The van der Waals surface area contributed by atoms with Gasteiger partial charge in [0.2, 0.25) is 0 Å². The summed E-state index contributed by atoms with van der Waals surface area (Å²) >= 11 is 2.05. The number of nitrogens with one attached hydrogen (secondary N) is 1. The highest BCUT2D eigenvalue weighted by atomic mass is 127. The van der Waals surface area contributed by atoms with E-state index in [4.69, 9.17) is 4.74 Å². The van der Waals surface area contributed by atoms with Gasteiger partial charge in [-0.3, -0.25) is 0 Å². The Morgan fingerprint density at radius 3 is 3.00 bits per heavy atom. The van der Waals surface area contributed by atoms with Gasteiger partial charge >= 0.3 is 5.97 Å². The average Bonchev–Trinajstić information content (AvgIpc) is 2.93. The number of rotatable bonds is 5. The summed E-state index contributed by atoms with van der Waals surface area (Å²) in [7, 11) is 1.33. The molecule has 0 aliphatic carbocycles. The van der Waals surface area contributed by atoms with Crippen molar-refractivity contribution >= 4 is 28.6 Å². The third kappa shape index (κ3) is 3.66. The summed E-state index contributed by atoms with van der Waals surface area (Å²) in [4.78, 5) is 22.6. The largest absolute Gasteiger partial charge is 0.490 e. The molecule has 0 atom stereocenters. The molecule has 0 bridgehead atoms. The van der Waals surface area contributed by atoms with E-state index in [1.807, 2.05) is 0 Å². The zero-order valence-corrected chi connectivity index (χ0v) is 12.4. The molecule has 0 spiro atoms. The van der Waals surface area contributed by atoms with Gasteiger partial charge in [0.15, 0.2) is 5.75 Å². The molecule has 1 N–H and O–H groups in total. The van der Waals surface area contributed by atoms with E-state index in [0.717, 1.165) is 5.82 Å². The maximum absolute atomic E-state index is 11.4. The molecule has 0 radical (unpaired) electrons. The minimum Gasteiger partial charge on any atom is -0.490 e. The standard InChI is InChI=1S/C12H12IN3O3/c1-18-12(17)8-6-9(11(13)16-7-8)19-5-2-10-14-3-4-15-10/h3-4,6-7H,2,5H2,1H3,(H,14,15). The summed E-state index contributed by atoms with van der Waals surface area (Å²) in [5.74, 6) is 0.988. The van der Waals surface area contributed by atoms with E-state index >= 15 is 0 Å². The molecule has 7 heteroatoms. The molecule has 2 heterocycles. The zero-order valence-electron chi connectivity index (χ0n) is 10.2. The van der Waals surface area contributed by atoms with Gasteiger partial charge in [-0.15, -0.1) is 0 Å². The van der Waals surface area contributed by atoms with Gasteiger partial charge in [-0.1, -0.05) is 0 Å². The lowest BCUT2D eigenvalue weighted by molar-refractivity contribution is 0.0599. The number of carbonyl (C=O) groups is 1. The number of halogens is 1. The highest BCUT2D eigenvalue weighted by Gasteiger charge is 2.11. The van der Waals surface area contributed by atoms with Crippen LogP contribution in [0.2, 0.25) is 0 Å². The summed E-state index contributed by atoms with van der Waals surface area (Å²) in [5.41, 5.74) is 0.371. The van der Waals surface area contributed by atoms with Crippen molar-refractivity contribution in [2.75, 3.05) is 13.7 Å². The molecule has 0 aliphatic rings. The Hall–Kier alpha value is -1.64. The molecule has 0 unspecified atom stereocenters. The molecule has 0 aromatic carbocycles. The Labute approximate surface area is 123 Å². The first-order valence-electron chi connectivity index (χ1n) is 5.55. The monoisotopic (exact) mass is 373 g/mol. The van der Waals surface area contributed by atoms with Gasteiger partial charge in [0.1, 0.15) is 9.53 Å². The fourth-order valence-electron chi connectivity index (χ4n) is 1.45. The number of nitrogens with zero attached hydrogens (tertiary/aromatic N) is 2. The van der Waals surface area contributed by atoms with Crippen molar-refractivity contribution < 1.29 is 14.3 Å². The second-order valence-corrected chi connectivity index (χ2v) is 4.66. The van der Waals surface area contributed by atoms with E-state index in [-0.39, 0.29) is 0 Å². The summed E-state index contributed by atoms with van der Waals surface area (Å²) in [6, 6.07) is 1.63. The van der Waals surface area contributed by atoms with Crippen LogP contribution in [0, 0.1) is 3.70 Å². The summed E-state index contributed by atoms with van der Waals surface area (Å²) in [6.07, 6.45) is 5.58. The van der Waals surface area contributed by atoms with Crippen molar-refractivity contribution in [3.8, 4) is 5.75 Å². The Morgan fingerprint density at radius 1 is 1.47 bits per heavy atom. The van der Waals surface area contributed by atoms with Crippen LogP contribution < -0.4 is 4.74 Å². The van der Waals surface area contributed by atoms with Crippen molar-refractivity contribution in [2.45, 2.75) is 6.42 Å². The maximum Gasteiger partial charge on any atom is 0.339 e. The maximum atomic E-state index is 11.4. The minimum atomic E-state index is -0.431. The Bertz CT molecular complexity index is 557. The molecule has 0 saturated carbocycles.